The number of rotatable bonds is 3. The molecule has 1 amide bonds. The van der Waals surface area contributed by atoms with Crippen molar-refractivity contribution in [2.45, 2.75) is 19.6 Å². The van der Waals surface area contributed by atoms with Gasteiger partial charge in [0.05, 0.1) is 12.6 Å². The molecular formula is C9H12ClN3O3. The lowest BCUT2D eigenvalue weighted by molar-refractivity contribution is 0.0918. The Bertz CT molecular complexity index is 416. The summed E-state index contributed by atoms with van der Waals surface area (Å²) in [6.07, 6.45) is -0.603. The minimum atomic E-state index is -0.603. The fourth-order valence-corrected chi connectivity index (χ4v) is 1.69. The van der Waals surface area contributed by atoms with Crippen molar-refractivity contribution in [1.82, 2.24) is 15.1 Å². The van der Waals surface area contributed by atoms with E-state index >= 15 is 0 Å². The Morgan fingerprint density at radius 3 is 3.19 bits per heavy atom. The van der Waals surface area contributed by atoms with Gasteiger partial charge in [0, 0.05) is 6.54 Å². The van der Waals surface area contributed by atoms with Crippen molar-refractivity contribution in [2.24, 2.45) is 0 Å². The van der Waals surface area contributed by atoms with Crippen molar-refractivity contribution < 1.29 is 14.6 Å². The number of nitrogens with zero attached hydrogens (tertiary/aromatic N) is 2. The van der Waals surface area contributed by atoms with Gasteiger partial charge >= 0.3 is 0 Å². The predicted octanol–water partition coefficient (Wildman–Crippen LogP) is 0.0395. The molecule has 1 aromatic heterocycles. The molecule has 0 radical (unpaired) electrons. The van der Waals surface area contributed by atoms with Crippen molar-refractivity contribution in [2.75, 3.05) is 13.2 Å². The summed E-state index contributed by atoms with van der Waals surface area (Å²) < 4.78 is 6.78. The number of fused-ring (bicyclic) bond motifs is 1. The quantitative estimate of drug-likeness (QED) is 0.788. The number of aliphatic hydroxyl groups excluding tert-OH is 1. The van der Waals surface area contributed by atoms with Gasteiger partial charge < -0.3 is 15.2 Å². The molecule has 2 heterocycles. The molecule has 1 aromatic rings. The maximum atomic E-state index is 11.6. The molecule has 0 aromatic carbocycles. The third-order valence-electron chi connectivity index (χ3n) is 2.17. The SMILES string of the molecule is CC(O)CNC(=O)c1nn2c(c1Cl)OCC2. The number of carbonyl (C=O) groups excluding carboxylic acids is 1. The lowest BCUT2D eigenvalue weighted by Crippen LogP contribution is -2.31. The highest BCUT2D eigenvalue weighted by atomic mass is 35.5. The smallest absolute Gasteiger partial charge is 0.273 e. The average molecular weight is 246 g/mol. The maximum Gasteiger partial charge on any atom is 0.273 e. The summed E-state index contributed by atoms with van der Waals surface area (Å²) in [5, 5.41) is 15.8. The lowest BCUT2D eigenvalue weighted by atomic mass is 10.3. The molecule has 1 unspecified atom stereocenters. The van der Waals surface area contributed by atoms with Crippen molar-refractivity contribution in [3.8, 4) is 5.88 Å². The van der Waals surface area contributed by atoms with Crippen LogP contribution in [0.25, 0.3) is 0 Å². The van der Waals surface area contributed by atoms with E-state index in [4.69, 9.17) is 21.4 Å². The van der Waals surface area contributed by atoms with E-state index in [0.717, 1.165) is 0 Å². The topological polar surface area (TPSA) is 76.4 Å². The van der Waals surface area contributed by atoms with Crippen LogP contribution in [-0.2, 0) is 6.54 Å². The van der Waals surface area contributed by atoms with Crippen molar-refractivity contribution in [3.63, 3.8) is 0 Å². The zero-order chi connectivity index (χ0) is 11.7. The zero-order valence-corrected chi connectivity index (χ0v) is 9.49. The van der Waals surface area contributed by atoms with Gasteiger partial charge in [-0.3, -0.25) is 4.79 Å². The first-order chi connectivity index (χ1) is 7.59. The second-order valence-electron chi connectivity index (χ2n) is 3.60. The van der Waals surface area contributed by atoms with Crippen molar-refractivity contribution >= 4 is 17.5 Å². The number of ether oxygens (including phenoxy) is 1. The molecule has 0 saturated carbocycles. The second kappa shape index (κ2) is 4.31. The third-order valence-corrected chi connectivity index (χ3v) is 2.51. The molecule has 0 fully saturated rings. The van der Waals surface area contributed by atoms with Gasteiger partial charge in [-0.15, -0.1) is 0 Å². The highest BCUT2D eigenvalue weighted by Crippen LogP contribution is 2.30. The number of hydrogen-bond donors (Lipinski definition) is 2. The van der Waals surface area contributed by atoms with Crippen LogP contribution in [0.3, 0.4) is 0 Å². The van der Waals surface area contributed by atoms with E-state index in [1.54, 1.807) is 11.6 Å². The van der Waals surface area contributed by atoms with Gasteiger partial charge in [-0.05, 0) is 6.92 Å². The van der Waals surface area contributed by atoms with Gasteiger partial charge in [-0.2, -0.15) is 5.10 Å². The minimum absolute atomic E-state index is 0.136. The first-order valence-electron chi connectivity index (χ1n) is 4.95. The summed E-state index contributed by atoms with van der Waals surface area (Å²) in [5.41, 5.74) is 0.136. The molecule has 0 bridgehead atoms. The standard InChI is InChI=1S/C9H12ClN3O3/c1-5(14)4-11-8(15)7-6(10)9-13(12-7)2-3-16-9/h5,14H,2-4H2,1H3,(H,11,15). The van der Waals surface area contributed by atoms with E-state index in [-0.39, 0.29) is 17.3 Å². The van der Waals surface area contributed by atoms with E-state index < -0.39 is 12.0 Å². The number of aliphatic hydroxyl groups is 1. The summed E-state index contributed by atoms with van der Waals surface area (Å²) in [5.74, 6) is 0.0280. The maximum absolute atomic E-state index is 11.6. The summed E-state index contributed by atoms with van der Waals surface area (Å²) in [7, 11) is 0. The van der Waals surface area contributed by atoms with Crippen LogP contribution in [-0.4, -0.2) is 40.0 Å². The second-order valence-corrected chi connectivity index (χ2v) is 3.98. The highest BCUT2D eigenvalue weighted by molar-refractivity contribution is 6.34. The molecule has 0 spiro atoms. The number of hydrogen-bond acceptors (Lipinski definition) is 4. The first-order valence-corrected chi connectivity index (χ1v) is 5.32. The Labute approximate surface area is 97.1 Å². The Hall–Kier alpha value is -1.27. The number of carbonyl (C=O) groups is 1. The van der Waals surface area contributed by atoms with Gasteiger partial charge in [-0.25, -0.2) is 4.68 Å². The molecule has 6 nitrogen and oxygen atoms in total. The van der Waals surface area contributed by atoms with Crippen LogP contribution >= 0.6 is 11.6 Å². The number of aromatic nitrogens is 2. The Kier molecular flexibility index (Phi) is 3.02. The first kappa shape index (κ1) is 11.2. The largest absolute Gasteiger partial charge is 0.475 e. The molecule has 1 aliphatic heterocycles. The molecule has 16 heavy (non-hydrogen) atoms. The van der Waals surface area contributed by atoms with Gasteiger partial charge in [-0.1, -0.05) is 11.6 Å². The van der Waals surface area contributed by atoms with Crippen molar-refractivity contribution in [3.05, 3.63) is 10.7 Å². The number of nitrogens with one attached hydrogen (secondary N) is 1. The van der Waals surface area contributed by atoms with Crippen LogP contribution < -0.4 is 10.1 Å². The zero-order valence-electron chi connectivity index (χ0n) is 8.73. The molecule has 2 N–H and O–H groups in total. The van der Waals surface area contributed by atoms with E-state index in [1.807, 2.05) is 0 Å². The van der Waals surface area contributed by atoms with Gasteiger partial charge in [0.15, 0.2) is 5.69 Å². The molecular weight excluding hydrogens is 234 g/mol. The van der Waals surface area contributed by atoms with E-state index in [1.165, 1.54) is 0 Å². The van der Waals surface area contributed by atoms with Gasteiger partial charge in [0.25, 0.3) is 5.91 Å². The third kappa shape index (κ3) is 1.98. The van der Waals surface area contributed by atoms with Gasteiger partial charge in [0.1, 0.15) is 11.6 Å². The molecule has 88 valence electrons. The van der Waals surface area contributed by atoms with Crippen LogP contribution in [0.15, 0.2) is 0 Å². The van der Waals surface area contributed by atoms with Gasteiger partial charge in [0.2, 0.25) is 5.88 Å². The van der Waals surface area contributed by atoms with Crippen molar-refractivity contribution in [1.29, 1.82) is 0 Å². The normalized spacial score (nSPS) is 15.4. The van der Waals surface area contributed by atoms with E-state index in [9.17, 15) is 4.79 Å². The molecule has 1 aliphatic rings. The predicted molar refractivity (Wildman–Crippen MR) is 56.7 cm³/mol. The molecule has 7 heteroatoms. The number of amides is 1. The fourth-order valence-electron chi connectivity index (χ4n) is 1.41. The van der Waals surface area contributed by atoms with E-state index in [2.05, 4.69) is 10.4 Å². The summed E-state index contributed by atoms with van der Waals surface area (Å²) in [6, 6.07) is 0. The molecule has 1 atom stereocenters. The molecule has 0 saturated heterocycles. The monoisotopic (exact) mass is 245 g/mol. The van der Waals surface area contributed by atoms with Crippen LogP contribution in [0, 0.1) is 0 Å². The summed E-state index contributed by atoms with van der Waals surface area (Å²) in [6.45, 7) is 2.87. The minimum Gasteiger partial charge on any atom is -0.475 e. The number of halogens is 1. The Balaban J connectivity index is 2.12. The average Bonchev–Trinajstić information content (AvgIpc) is 2.78. The van der Waals surface area contributed by atoms with E-state index in [0.29, 0.717) is 19.0 Å². The molecule has 2 rings (SSSR count). The van der Waals surface area contributed by atoms with Crippen LogP contribution in [0.1, 0.15) is 17.4 Å². The summed E-state index contributed by atoms with van der Waals surface area (Å²) >= 11 is 5.95. The fraction of sp³-hybridized carbons (Fsp3) is 0.556. The lowest BCUT2D eigenvalue weighted by Gasteiger charge is -2.05. The molecule has 0 aliphatic carbocycles. The van der Waals surface area contributed by atoms with Crippen LogP contribution in [0.2, 0.25) is 5.02 Å². The van der Waals surface area contributed by atoms with Crippen LogP contribution in [0.5, 0.6) is 5.88 Å². The Morgan fingerprint density at radius 1 is 1.81 bits per heavy atom. The Morgan fingerprint density at radius 2 is 2.56 bits per heavy atom. The van der Waals surface area contributed by atoms with Crippen LogP contribution in [0.4, 0.5) is 0 Å². The highest BCUT2D eigenvalue weighted by Gasteiger charge is 2.25. The summed E-state index contributed by atoms with van der Waals surface area (Å²) in [4.78, 5) is 11.6.